The van der Waals surface area contributed by atoms with Crippen LogP contribution in [0.25, 0.3) is 0 Å². The molecule has 1 aromatic carbocycles. The van der Waals surface area contributed by atoms with E-state index in [1.165, 1.54) is 6.92 Å². The second kappa shape index (κ2) is 7.71. The van der Waals surface area contributed by atoms with Gasteiger partial charge in [0.2, 0.25) is 15.9 Å². The van der Waals surface area contributed by atoms with Gasteiger partial charge in [-0.25, -0.2) is 8.42 Å². The fourth-order valence-corrected chi connectivity index (χ4v) is 3.75. The molecule has 0 atom stereocenters. The lowest BCUT2D eigenvalue weighted by atomic mass is 10.2. The first kappa shape index (κ1) is 20.7. The molecule has 1 rings (SSSR count). The molecule has 10 heteroatoms. The number of nitrogens with one attached hydrogen (secondary N) is 1. The van der Waals surface area contributed by atoms with E-state index in [4.69, 9.17) is 11.6 Å². The third-order valence-corrected chi connectivity index (χ3v) is 5.20. The fraction of sp³-hybridized carbons (Fsp3) is 0.500. The topological polar surface area (TPSA) is 66.5 Å². The van der Waals surface area contributed by atoms with Crippen LogP contribution in [0.2, 0.25) is 5.02 Å². The number of likely N-dealkylation sites (N-methyl/N-ethyl adjacent to an activating group) is 1. The second-order valence-electron chi connectivity index (χ2n) is 5.29. The van der Waals surface area contributed by atoms with Crippen molar-refractivity contribution in [1.29, 1.82) is 0 Å². The van der Waals surface area contributed by atoms with Crippen molar-refractivity contribution in [3.05, 3.63) is 28.8 Å². The van der Waals surface area contributed by atoms with Crippen LogP contribution in [0, 0.1) is 0 Å². The molecule has 0 fully saturated rings. The van der Waals surface area contributed by atoms with Crippen LogP contribution in [0.15, 0.2) is 23.1 Å². The average molecular weight is 387 g/mol. The monoisotopic (exact) mass is 386 g/mol. The molecular weight excluding hydrogens is 369 g/mol. The molecule has 5 nitrogen and oxygen atoms in total. The molecule has 0 saturated carbocycles. The molecular formula is C14H18ClF3N2O3S. The summed E-state index contributed by atoms with van der Waals surface area (Å²) in [6.45, 7) is 4.07. The lowest BCUT2D eigenvalue weighted by molar-refractivity contribution is -0.139. The molecule has 1 amide bonds. The Hall–Kier alpha value is -1.32. The number of amides is 1. The van der Waals surface area contributed by atoms with E-state index in [0.29, 0.717) is 10.4 Å². The minimum absolute atomic E-state index is 0.159. The maximum Gasteiger partial charge on any atom is 0.417 e. The van der Waals surface area contributed by atoms with Crippen molar-refractivity contribution in [1.82, 2.24) is 9.62 Å². The summed E-state index contributed by atoms with van der Waals surface area (Å²) in [5.74, 6) is -0.599. The van der Waals surface area contributed by atoms with E-state index in [2.05, 4.69) is 5.32 Å². The third kappa shape index (κ3) is 5.09. The summed E-state index contributed by atoms with van der Waals surface area (Å²) in [7, 11) is -4.52. The normalized spacial score (nSPS) is 12.7. The molecule has 0 aliphatic rings. The predicted molar refractivity (Wildman–Crippen MR) is 84.2 cm³/mol. The van der Waals surface area contributed by atoms with E-state index < -0.39 is 39.1 Å². The minimum atomic E-state index is -4.90. The van der Waals surface area contributed by atoms with Crippen molar-refractivity contribution >= 4 is 27.5 Å². The molecule has 0 radical (unpaired) electrons. The highest BCUT2D eigenvalue weighted by Gasteiger charge is 2.39. The highest BCUT2D eigenvalue weighted by Crippen LogP contribution is 2.36. The number of halogens is 4. The van der Waals surface area contributed by atoms with Crippen LogP contribution in [-0.4, -0.2) is 37.8 Å². The van der Waals surface area contributed by atoms with Gasteiger partial charge >= 0.3 is 6.18 Å². The van der Waals surface area contributed by atoms with Crippen molar-refractivity contribution in [3.63, 3.8) is 0 Å². The lowest BCUT2D eigenvalue weighted by Crippen LogP contribution is -2.43. The summed E-state index contributed by atoms with van der Waals surface area (Å²) in [5, 5.41) is 2.26. The molecule has 0 bridgehead atoms. The maximum atomic E-state index is 13.1. The molecule has 1 aromatic rings. The van der Waals surface area contributed by atoms with Crippen molar-refractivity contribution in [2.24, 2.45) is 0 Å². The van der Waals surface area contributed by atoms with Gasteiger partial charge in [0.15, 0.2) is 0 Å². The molecule has 0 aliphatic heterocycles. The second-order valence-corrected chi connectivity index (χ2v) is 7.63. The van der Waals surface area contributed by atoms with Crippen LogP contribution in [-0.2, 0) is 21.0 Å². The number of alkyl halides is 3. The van der Waals surface area contributed by atoms with E-state index in [9.17, 15) is 26.4 Å². The molecule has 24 heavy (non-hydrogen) atoms. The first-order chi connectivity index (χ1) is 10.9. The molecule has 0 unspecified atom stereocenters. The minimum Gasteiger partial charge on any atom is -0.353 e. The molecule has 0 spiro atoms. The first-order valence-electron chi connectivity index (χ1n) is 7.05. The molecule has 136 valence electrons. The smallest absolute Gasteiger partial charge is 0.353 e. The maximum absolute atomic E-state index is 13.1. The van der Waals surface area contributed by atoms with Gasteiger partial charge < -0.3 is 5.32 Å². The largest absolute Gasteiger partial charge is 0.417 e. The molecule has 0 aliphatic carbocycles. The van der Waals surface area contributed by atoms with Crippen LogP contribution in [0.1, 0.15) is 26.3 Å². The standard InChI is InChI=1S/C14H18ClF3N2O3S/c1-4-20(8-13(21)19-9(2)3)24(22,23)12-6-5-10(15)7-11(12)14(16,17)18/h5-7,9H,4,8H2,1-3H3,(H,19,21). The highest BCUT2D eigenvalue weighted by atomic mass is 35.5. The summed E-state index contributed by atoms with van der Waals surface area (Å²) in [5.41, 5.74) is -1.36. The Bertz CT molecular complexity index is 706. The van der Waals surface area contributed by atoms with Gasteiger partial charge in [-0.15, -0.1) is 0 Å². The molecule has 0 aromatic heterocycles. The lowest BCUT2D eigenvalue weighted by Gasteiger charge is -2.23. The van der Waals surface area contributed by atoms with Crippen molar-refractivity contribution in [2.75, 3.05) is 13.1 Å². The summed E-state index contributed by atoms with van der Waals surface area (Å²) in [4.78, 5) is 10.8. The van der Waals surface area contributed by atoms with Gasteiger partial charge in [-0.2, -0.15) is 17.5 Å². The number of rotatable bonds is 6. The van der Waals surface area contributed by atoms with Gasteiger partial charge in [-0.3, -0.25) is 4.79 Å². The van der Waals surface area contributed by atoms with Crippen LogP contribution >= 0.6 is 11.6 Å². The van der Waals surface area contributed by atoms with Crippen LogP contribution < -0.4 is 5.32 Å². The van der Waals surface area contributed by atoms with E-state index in [-0.39, 0.29) is 17.6 Å². The summed E-state index contributed by atoms with van der Waals surface area (Å²) in [6.07, 6.45) is -4.90. The van der Waals surface area contributed by atoms with Crippen LogP contribution in [0.3, 0.4) is 0 Å². The van der Waals surface area contributed by atoms with Crippen LogP contribution in [0.5, 0.6) is 0 Å². The Balaban J connectivity index is 3.30. The molecule has 0 heterocycles. The number of benzene rings is 1. The number of sulfonamides is 1. The number of carbonyl (C=O) groups is 1. The zero-order chi connectivity index (χ0) is 18.7. The SMILES string of the molecule is CCN(CC(=O)NC(C)C)S(=O)(=O)c1ccc(Cl)cc1C(F)(F)F. The number of carbonyl (C=O) groups excluding carboxylic acids is 1. The summed E-state index contributed by atoms with van der Waals surface area (Å²) in [6, 6.07) is 2.19. The summed E-state index contributed by atoms with van der Waals surface area (Å²) < 4.78 is 65.2. The average Bonchev–Trinajstić information content (AvgIpc) is 2.42. The Morgan fingerprint density at radius 1 is 1.33 bits per heavy atom. The van der Waals surface area contributed by atoms with Crippen LogP contribution in [0.4, 0.5) is 13.2 Å². The predicted octanol–water partition coefficient (Wildman–Crippen LogP) is 2.89. The number of hydrogen-bond acceptors (Lipinski definition) is 3. The zero-order valence-electron chi connectivity index (χ0n) is 13.3. The Labute approximate surface area is 143 Å². The van der Waals surface area contributed by atoms with E-state index in [1.54, 1.807) is 13.8 Å². The van der Waals surface area contributed by atoms with Gasteiger partial charge in [-0.1, -0.05) is 18.5 Å². The number of hydrogen-bond donors (Lipinski definition) is 1. The number of nitrogens with zero attached hydrogens (tertiary/aromatic N) is 1. The van der Waals surface area contributed by atoms with E-state index in [1.807, 2.05) is 0 Å². The molecule has 0 saturated heterocycles. The quantitative estimate of drug-likeness (QED) is 0.817. The van der Waals surface area contributed by atoms with Gasteiger partial charge in [0.25, 0.3) is 0 Å². The van der Waals surface area contributed by atoms with E-state index in [0.717, 1.165) is 12.1 Å². The Kier molecular flexibility index (Phi) is 6.66. The van der Waals surface area contributed by atoms with Crippen molar-refractivity contribution in [3.8, 4) is 0 Å². The zero-order valence-corrected chi connectivity index (χ0v) is 14.9. The van der Waals surface area contributed by atoms with E-state index >= 15 is 0 Å². The highest BCUT2D eigenvalue weighted by molar-refractivity contribution is 7.89. The Morgan fingerprint density at radius 2 is 1.92 bits per heavy atom. The van der Waals surface area contributed by atoms with Gasteiger partial charge in [0, 0.05) is 17.6 Å². The third-order valence-electron chi connectivity index (χ3n) is 2.99. The van der Waals surface area contributed by atoms with Crippen molar-refractivity contribution < 1.29 is 26.4 Å². The summed E-state index contributed by atoms with van der Waals surface area (Å²) >= 11 is 5.56. The first-order valence-corrected chi connectivity index (χ1v) is 8.87. The molecule has 1 N–H and O–H groups in total. The van der Waals surface area contributed by atoms with Gasteiger partial charge in [-0.05, 0) is 32.0 Å². The van der Waals surface area contributed by atoms with Gasteiger partial charge in [0.1, 0.15) is 0 Å². The van der Waals surface area contributed by atoms with Crippen molar-refractivity contribution in [2.45, 2.75) is 37.9 Å². The Morgan fingerprint density at radius 3 is 2.38 bits per heavy atom. The fourth-order valence-electron chi connectivity index (χ4n) is 1.98. The van der Waals surface area contributed by atoms with Gasteiger partial charge in [0.05, 0.1) is 17.0 Å².